The molecule has 0 amide bonds. The molecule has 5 heteroatoms. The number of benzene rings is 1. The molecule has 1 heterocycles. The second-order valence-corrected chi connectivity index (χ2v) is 4.14. The first-order chi connectivity index (χ1) is 9.22. The fourth-order valence-corrected chi connectivity index (χ4v) is 1.62. The molecular formula is C14H15N5. The third-order valence-corrected chi connectivity index (χ3v) is 2.74. The van der Waals surface area contributed by atoms with Crippen LogP contribution < -0.4 is 10.6 Å². The van der Waals surface area contributed by atoms with Crippen molar-refractivity contribution in [1.29, 1.82) is 5.26 Å². The smallest absolute Gasteiger partial charge is 0.224 e. The van der Waals surface area contributed by atoms with Crippen LogP contribution >= 0.6 is 0 Å². The van der Waals surface area contributed by atoms with E-state index in [2.05, 4.69) is 26.7 Å². The SMILES string of the molecule is CNc1ncc(C)c(NCc2ccc(C#N)cc2)n1. The van der Waals surface area contributed by atoms with E-state index in [1.807, 2.05) is 31.2 Å². The Morgan fingerprint density at radius 1 is 1.26 bits per heavy atom. The molecule has 5 nitrogen and oxygen atoms in total. The minimum atomic E-state index is 0.591. The number of anilines is 2. The quantitative estimate of drug-likeness (QED) is 0.874. The van der Waals surface area contributed by atoms with Gasteiger partial charge in [-0.2, -0.15) is 10.2 Å². The Kier molecular flexibility index (Phi) is 3.94. The number of nitriles is 1. The molecule has 0 fully saturated rings. The minimum Gasteiger partial charge on any atom is -0.366 e. The van der Waals surface area contributed by atoms with Crippen molar-refractivity contribution < 1.29 is 0 Å². The molecule has 0 radical (unpaired) electrons. The van der Waals surface area contributed by atoms with Crippen molar-refractivity contribution in [3.8, 4) is 6.07 Å². The van der Waals surface area contributed by atoms with Crippen LogP contribution in [0.4, 0.5) is 11.8 Å². The van der Waals surface area contributed by atoms with Gasteiger partial charge in [0.05, 0.1) is 11.6 Å². The van der Waals surface area contributed by atoms with Crippen molar-refractivity contribution in [2.45, 2.75) is 13.5 Å². The molecule has 2 rings (SSSR count). The van der Waals surface area contributed by atoms with Crippen LogP contribution in [0.3, 0.4) is 0 Å². The number of nitrogens with zero attached hydrogens (tertiary/aromatic N) is 3. The third kappa shape index (κ3) is 3.19. The molecule has 96 valence electrons. The van der Waals surface area contributed by atoms with Crippen LogP contribution in [0.15, 0.2) is 30.5 Å². The Morgan fingerprint density at radius 3 is 2.63 bits per heavy atom. The summed E-state index contributed by atoms with van der Waals surface area (Å²) in [6.45, 7) is 2.62. The third-order valence-electron chi connectivity index (χ3n) is 2.74. The van der Waals surface area contributed by atoms with E-state index in [-0.39, 0.29) is 0 Å². The molecule has 1 aromatic carbocycles. The molecule has 0 bridgehead atoms. The molecule has 19 heavy (non-hydrogen) atoms. The molecule has 2 N–H and O–H groups in total. The number of nitrogens with one attached hydrogen (secondary N) is 2. The minimum absolute atomic E-state index is 0.591. The predicted octanol–water partition coefficient (Wildman–Crippen LogP) is 2.31. The van der Waals surface area contributed by atoms with Gasteiger partial charge in [-0.3, -0.25) is 0 Å². The highest BCUT2D eigenvalue weighted by molar-refractivity contribution is 5.46. The Hall–Kier alpha value is -2.61. The zero-order valence-electron chi connectivity index (χ0n) is 10.9. The summed E-state index contributed by atoms with van der Waals surface area (Å²) in [6, 6.07) is 9.58. The first-order valence-electron chi connectivity index (χ1n) is 5.97. The van der Waals surface area contributed by atoms with Crippen LogP contribution in [0.1, 0.15) is 16.7 Å². The van der Waals surface area contributed by atoms with E-state index in [0.717, 1.165) is 16.9 Å². The first-order valence-corrected chi connectivity index (χ1v) is 5.97. The lowest BCUT2D eigenvalue weighted by atomic mass is 10.1. The molecule has 0 saturated heterocycles. The van der Waals surface area contributed by atoms with Gasteiger partial charge in [0.2, 0.25) is 5.95 Å². The summed E-state index contributed by atoms with van der Waals surface area (Å²) in [5.41, 5.74) is 2.76. The van der Waals surface area contributed by atoms with Gasteiger partial charge < -0.3 is 10.6 Å². The predicted molar refractivity (Wildman–Crippen MR) is 74.8 cm³/mol. The van der Waals surface area contributed by atoms with Crippen molar-refractivity contribution in [2.75, 3.05) is 17.7 Å². The van der Waals surface area contributed by atoms with Crippen LogP contribution in [-0.2, 0) is 6.54 Å². The normalized spacial score (nSPS) is 9.74. The van der Waals surface area contributed by atoms with Gasteiger partial charge in [-0.05, 0) is 24.6 Å². The average molecular weight is 253 g/mol. The Balaban J connectivity index is 2.07. The fraction of sp³-hybridized carbons (Fsp3) is 0.214. The van der Waals surface area contributed by atoms with Gasteiger partial charge in [0, 0.05) is 25.4 Å². The van der Waals surface area contributed by atoms with E-state index < -0.39 is 0 Å². The summed E-state index contributed by atoms with van der Waals surface area (Å²) in [5.74, 6) is 1.40. The van der Waals surface area contributed by atoms with Gasteiger partial charge >= 0.3 is 0 Å². The molecule has 0 unspecified atom stereocenters. The van der Waals surface area contributed by atoms with E-state index in [1.165, 1.54) is 0 Å². The Morgan fingerprint density at radius 2 is 2.00 bits per heavy atom. The highest BCUT2D eigenvalue weighted by Gasteiger charge is 2.02. The molecule has 0 aliphatic rings. The maximum atomic E-state index is 8.74. The van der Waals surface area contributed by atoms with Gasteiger partial charge in [-0.15, -0.1) is 0 Å². The molecule has 0 aliphatic carbocycles. The number of hydrogen-bond acceptors (Lipinski definition) is 5. The zero-order chi connectivity index (χ0) is 13.7. The summed E-state index contributed by atoms with van der Waals surface area (Å²) >= 11 is 0. The van der Waals surface area contributed by atoms with Crippen LogP contribution in [0.2, 0.25) is 0 Å². The highest BCUT2D eigenvalue weighted by Crippen LogP contribution is 2.13. The Bertz CT molecular complexity index is 598. The van der Waals surface area contributed by atoms with E-state index in [9.17, 15) is 0 Å². The van der Waals surface area contributed by atoms with E-state index in [1.54, 1.807) is 13.2 Å². The van der Waals surface area contributed by atoms with Crippen molar-refractivity contribution >= 4 is 11.8 Å². The zero-order valence-corrected chi connectivity index (χ0v) is 10.9. The van der Waals surface area contributed by atoms with Gasteiger partial charge in [0.15, 0.2) is 0 Å². The van der Waals surface area contributed by atoms with E-state index >= 15 is 0 Å². The van der Waals surface area contributed by atoms with Crippen molar-refractivity contribution in [3.63, 3.8) is 0 Å². The second-order valence-electron chi connectivity index (χ2n) is 4.14. The van der Waals surface area contributed by atoms with Crippen molar-refractivity contribution in [2.24, 2.45) is 0 Å². The van der Waals surface area contributed by atoms with Gasteiger partial charge in [0.25, 0.3) is 0 Å². The van der Waals surface area contributed by atoms with Crippen LogP contribution in [-0.4, -0.2) is 17.0 Å². The number of aromatic nitrogens is 2. The molecular weight excluding hydrogens is 238 g/mol. The topological polar surface area (TPSA) is 73.6 Å². The summed E-state index contributed by atoms with van der Waals surface area (Å²) in [7, 11) is 1.79. The lowest BCUT2D eigenvalue weighted by Crippen LogP contribution is -2.06. The van der Waals surface area contributed by atoms with Crippen LogP contribution in [0.5, 0.6) is 0 Å². The number of rotatable bonds is 4. The van der Waals surface area contributed by atoms with Crippen molar-refractivity contribution in [3.05, 3.63) is 47.2 Å². The summed E-state index contributed by atoms with van der Waals surface area (Å²) < 4.78 is 0. The number of hydrogen-bond donors (Lipinski definition) is 2. The molecule has 0 atom stereocenters. The van der Waals surface area contributed by atoms with Crippen LogP contribution in [0, 0.1) is 18.3 Å². The van der Waals surface area contributed by atoms with Gasteiger partial charge in [-0.25, -0.2) is 4.98 Å². The second kappa shape index (κ2) is 5.83. The van der Waals surface area contributed by atoms with Gasteiger partial charge in [0.1, 0.15) is 5.82 Å². The van der Waals surface area contributed by atoms with E-state index in [0.29, 0.717) is 18.1 Å². The summed E-state index contributed by atoms with van der Waals surface area (Å²) in [5, 5.41) is 14.9. The summed E-state index contributed by atoms with van der Waals surface area (Å²) in [4.78, 5) is 8.49. The fourth-order valence-electron chi connectivity index (χ4n) is 1.62. The first kappa shape index (κ1) is 12.8. The Labute approximate surface area is 112 Å². The average Bonchev–Trinajstić information content (AvgIpc) is 2.47. The molecule has 0 saturated carbocycles. The van der Waals surface area contributed by atoms with Gasteiger partial charge in [-0.1, -0.05) is 12.1 Å². The molecule has 2 aromatic rings. The summed E-state index contributed by atoms with van der Waals surface area (Å²) in [6.07, 6.45) is 1.78. The van der Waals surface area contributed by atoms with Crippen molar-refractivity contribution in [1.82, 2.24) is 9.97 Å². The monoisotopic (exact) mass is 253 g/mol. The molecule has 0 spiro atoms. The largest absolute Gasteiger partial charge is 0.366 e. The van der Waals surface area contributed by atoms with Crippen LogP contribution in [0.25, 0.3) is 0 Å². The standard InChI is InChI=1S/C14H15N5/c1-10-8-18-14(16-2)19-13(10)17-9-12-5-3-11(7-15)4-6-12/h3-6,8H,9H2,1-2H3,(H2,16,17,18,19). The molecule has 0 aliphatic heterocycles. The maximum absolute atomic E-state index is 8.74. The highest BCUT2D eigenvalue weighted by atomic mass is 15.1. The lowest BCUT2D eigenvalue weighted by molar-refractivity contribution is 1.06. The lowest BCUT2D eigenvalue weighted by Gasteiger charge is -2.09. The van der Waals surface area contributed by atoms with E-state index in [4.69, 9.17) is 5.26 Å². The molecule has 1 aromatic heterocycles. The number of aryl methyl sites for hydroxylation is 1. The maximum Gasteiger partial charge on any atom is 0.224 e.